The number of pyridine rings is 1. The third kappa shape index (κ3) is 4.66. The number of carbonyl (C=O) groups excluding carboxylic acids is 1. The fourth-order valence-electron chi connectivity index (χ4n) is 7.84. The summed E-state index contributed by atoms with van der Waals surface area (Å²) in [5.74, 6) is 2.38. The van der Waals surface area contributed by atoms with Crippen LogP contribution in [-0.2, 0) is 13.1 Å². The van der Waals surface area contributed by atoms with Crippen LogP contribution >= 0.6 is 0 Å². The molecule has 5 heterocycles. The van der Waals surface area contributed by atoms with Crippen LogP contribution in [0.3, 0.4) is 0 Å². The number of nitrogens with two attached hydrogens (primary N) is 1. The van der Waals surface area contributed by atoms with Crippen LogP contribution in [0, 0.1) is 23.2 Å². The summed E-state index contributed by atoms with van der Waals surface area (Å²) < 4.78 is 12.3. The van der Waals surface area contributed by atoms with Crippen molar-refractivity contribution in [1.29, 1.82) is 5.26 Å². The highest BCUT2D eigenvalue weighted by Gasteiger charge is 2.47. The van der Waals surface area contributed by atoms with Gasteiger partial charge in [-0.25, -0.2) is 9.67 Å². The minimum absolute atomic E-state index is 0.0220. The number of benzene rings is 2. The Labute approximate surface area is 277 Å². The fourth-order valence-corrected chi connectivity index (χ4v) is 7.84. The molecule has 11 nitrogen and oxygen atoms in total. The SMILES string of the molecule is COc1cc(C(=O)N2CC3CCC2C3N)cc2nc(-c3cc4ccccc4n3CC3CC3)n(Cc3cnn(-c4cncc(C#N)c4)c3)c12. The van der Waals surface area contributed by atoms with Crippen LogP contribution in [0.5, 0.6) is 5.75 Å². The van der Waals surface area contributed by atoms with E-state index in [-0.39, 0.29) is 18.0 Å². The largest absolute Gasteiger partial charge is 0.494 e. The molecule has 0 spiro atoms. The molecule has 6 aromatic rings. The lowest BCUT2D eigenvalue weighted by molar-refractivity contribution is 0.0700. The third-order valence-corrected chi connectivity index (χ3v) is 10.5. The van der Waals surface area contributed by atoms with Gasteiger partial charge in [0, 0.05) is 59.6 Å². The number of nitriles is 1. The number of piperidine rings is 1. The molecule has 2 aromatic carbocycles. The molecule has 2 saturated carbocycles. The first-order chi connectivity index (χ1) is 23.5. The zero-order valence-corrected chi connectivity index (χ0v) is 26.7. The van der Waals surface area contributed by atoms with Crippen molar-refractivity contribution in [2.24, 2.45) is 17.6 Å². The molecule has 3 aliphatic rings. The summed E-state index contributed by atoms with van der Waals surface area (Å²) in [4.78, 5) is 25.4. The number of carbonyl (C=O) groups is 1. The van der Waals surface area contributed by atoms with Gasteiger partial charge in [0.1, 0.15) is 17.3 Å². The maximum absolute atomic E-state index is 14.0. The predicted octanol–water partition coefficient (Wildman–Crippen LogP) is 5.14. The molecule has 3 fully saturated rings. The Morgan fingerprint density at radius 1 is 1.06 bits per heavy atom. The number of fused-ring (bicyclic) bond motifs is 4. The lowest BCUT2D eigenvalue weighted by Crippen LogP contribution is -2.41. The molecule has 2 aliphatic carbocycles. The van der Waals surface area contributed by atoms with Gasteiger partial charge in [-0.3, -0.25) is 9.78 Å². The van der Waals surface area contributed by atoms with Crippen LogP contribution in [0.2, 0.25) is 0 Å². The van der Waals surface area contributed by atoms with Crippen LogP contribution in [0.1, 0.15) is 47.2 Å². The standard InChI is InChI=1S/C37H35N9O2/c1-48-33-13-27(37(47)44-21-26-8-9-31(44)34(26)39)11-29-35(33)45(19-24-16-41-46(20-24)28-10-23(14-38)15-40-17-28)36(42-29)32-12-25-4-2-3-5-30(25)43(32)18-22-6-7-22/h2-5,10-13,15-17,20,22,26,31,34H,6-9,18-19,21,39H2,1H3. The number of methoxy groups -OCH3 is 1. The number of amides is 1. The number of likely N-dealkylation sites (tertiary alicyclic amines) is 1. The number of ether oxygens (including phenoxy) is 1. The Morgan fingerprint density at radius 2 is 1.94 bits per heavy atom. The smallest absolute Gasteiger partial charge is 0.254 e. The molecule has 1 amide bonds. The number of rotatable bonds is 8. The van der Waals surface area contributed by atoms with Crippen molar-refractivity contribution in [3.63, 3.8) is 0 Å². The predicted molar refractivity (Wildman–Crippen MR) is 181 cm³/mol. The monoisotopic (exact) mass is 637 g/mol. The highest BCUT2D eigenvalue weighted by Crippen LogP contribution is 2.41. The van der Waals surface area contributed by atoms with E-state index in [1.54, 1.807) is 24.1 Å². The first-order valence-corrected chi connectivity index (χ1v) is 16.6. The summed E-state index contributed by atoms with van der Waals surface area (Å²) in [7, 11) is 1.64. The second-order valence-electron chi connectivity index (χ2n) is 13.5. The fraction of sp³-hybridized carbons (Fsp3) is 0.324. The average molecular weight is 638 g/mol. The lowest BCUT2D eigenvalue weighted by Gasteiger charge is -2.27. The van der Waals surface area contributed by atoms with E-state index in [4.69, 9.17) is 15.5 Å². The van der Waals surface area contributed by atoms with Gasteiger partial charge in [-0.15, -0.1) is 0 Å². The van der Waals surface area contributed by atoms with Crippen molar-refractivity contribution < 1.29 is 9.53 Å². The van der Waals surface area contributed by atoms with Crippen LogP contribution < -0.4 is 10.5 Å². The molecule has 48 heavy (non-hydrogen) atoms. The summed E-state index contributed by atoms with van der Waals surface area (Å²) >= 11 is 0. The quantitative estimate of drug-likeness (QED) is 0.244. The van der Waals surface area contributed by atoms with Gasteiger partial charge in [0.15, 0.2) is 5.82 Å². The van der Waals surface area contributed by atoms with Gasteiger partial charge in [-0.05, 0) is 67.9 Å². The first kappa shape index (κ1) is 28.7. The zero-order chi connectivity index (χ0) is 32.5. The Bertz CT molecular complexity index is 2270. The number of para-hydroxylation sites is 1. The van der Waals surface area contributed by atoms with E-state index in [9.17, 15) is 10.1 Å². The highest BCUT2D eigenvalue weighted by atomic mass is 16.5. The van der Waals surface area contributed by atoms with Crippen molar-refractivity contribution in [3.8, 4) is 29.0 Å². The molecule has 0 radical (unpaired) electrons. The molecular formula is C37H35N9O2. The zero-order valence-electron chi connectivity index (χ0n) is 26.7. The Balaban J connectivity index is 1.19. The second kappa shape index (κ2) is 11.1. The Morgan fingerprint density at radius 3 is 2.71 bits per heavy atom. The molecule has 11 heteroatoms. The van der Waals surface area contributed by atoms with Gasteiger partial charge < -0.3 is 24.5 Å². The van der Waals surface area contributed by atoms with Crippen LogP contribution in [0.25, 0.3) is 39.1 Å². The van der Waals surface area contributed by atoms with Crippen LogP contribution in [0.15, 0.2) is 73.3 Å². The van der Waals surface area contributed by atoms with Gasteiger partial charge in [-0.1, -0.05) is 18.2 Å². The topological polar surface area (TPSA) is 133 Å². The summed E-state index contributed by atoms with van der Waals surface area (Å²) in [5.41, 5.74) is 12.9. The minimum atomic E-state index is -0.0220. The molecular weight excluding hydrogens is 602 g/mol. The second-order valence-corrected chi connectivity index (χ2v) is 13.5. The maximum Gasteiger partial charge on any atom is 0.254 e. The number of aromatic nitrogens is 6. The molecule has 9 rings (SSSR count). The van der Waals surface area contributed by atoms with Gasteiger partial charge >= 0.3 is 0 Å². The molecule has 1 saturated heterocycles. The van der Waals surface area contributed by atoms with E-state index >= 15 is 0 Å². The lowest BCUT2D eigenvalue weighted by atomic mass is 10.1. The van der Waals surface area contributed by atoms with Gasteiger partial charge in [0.25, 0.3) is 5.91 Å². The van der Waals surface area contributed by atoms with Crippen LogP contribution in [-0.4, -0.2) is 65.4 Å². The van der Waals surface area contributed by atoms with E-state index in [2.05, 4.69) is 55.6 Å². The van der Waals surface area contributed by atoms with Crippen molar-refractivity contribution in [2.75, 3.05) is 13.7 Å². The summed E-state index contributed by atoms with van der Waals surface area (Å²) in [6.07, 6.45) is 11.5. The average Bonchev–Trinajstić information content (AvgIpc) is 3.43. The summed E-state index contributed by atoms with van der Waals surface area (Å²) in [5, 5.41) is 15.2. The van der Waals surface area contributed by atoms with Gasteiger partial charge in [0.05, 0.1) is 48.5 Å². The molecule has 3 atom stereocenters. The highest BCUT2D eigenvalue weighted by molar-refractivity contribution is 6.00. The molecule has 1 aliphatic heterocycles. The van der Waals surface area contributed by atoms with Crippen molar-refractivity contribution in [1.82, 2.24) is 33.8 Å². The summed E-state index contributed by atoms with van der Waals surface area (Å²) in [6.45, 7) is 2.07. The maximum atomic E-state index is 14.0. The Kier molecular flexibility index (Phi) is 6.62. The number of nitrogens with zero attached hydrogens (tertiary/aromatic N) is 8. The van der Waals surface area contributed by atoms with Crippen molar-refractivity contribution >= 4 is 27.8 Å². The van der Waals surface area contributed by atoms with Crippen LogP contribution in [0.4, 0.5) is 0 Å². The van der Waals surface area contributed by atoms with Gasteiger partial charge in [-0.2, -0.15) is 10.4 Å². The third-order valence-electron chi connectivity index (χ3n) is 10.5. The van der Waals surface area contributed by atoms with Gasteiger partial charge in [0.2, 0.25) is 0 Å². The van der Waals surface area contributed by atoms with E-state index in [1.165, 1.54) is 24.6 Å². The molecule has 2 bridgehead atoms. The number of hydrogen-bond donors (Lipinski definition) is 1. The van der Waals surface area contributed by atoms with E-state index in [1.807, 2.05) is 29.4 Å². The molecule has 3 unspecified atom stereocenters. The number of hydrogen-bond acceptors (Lipinski definition) is 7. The van der Waals surface area contributed by atoms with E-state index < -0.39 is 0 Å². The van der Waals surface area contributed by atoms with Crippen molar-refractivity contribution in [2.45, 2.75) is 50.9 Å². The molecule has 240 valence electrons. The van der Waals surface area contributed by atoms with E-state index in [0.717, 1.165) is 47.4 Å². The van der Waals surface area contributed by atoms with E-state index in [0.29, 0.717) is 53.0 Å². The number of imidazole rings is 1. The van der Waals surface area contributed by atoms with Crippen molar-refractivity contribution in [3.05, 3.63) is 90.0 Å². The molecule has 2 N–H and O–H groups in total. The first-order valence-electron chi connectivity index (χ1n) is 16.6. The normalized spacial score (nSPS) is 20.2. The minimum Gasteiger partial charge on any atom is -0.494 e. The summed E-state index contributed by atoms with van der Waals surface area (Å²) in [6, 6.07) is 18.5. The molecule has 4 aromatic heterocycles. The Hall–Kier alpha value is -5.47.